The van der Waals surface area contributed by atoms with Crippen LogP contribution in [0, 0.1) is 30.9 Å². The smallest absolute Gasteiger partial charge is 0.361 e. The third-order valence-corrected chi connectivity index (χ3v) is 3.35. The van der Waals surface area contributed by atoms with Gasteiger partial charge in [0, 0.05) is 19.5 Å². The summed E-state index contributed by atoms with van der Waals surface area (Å²) in [5.41, 5.74) is 1.67. The van der Waals surface area contributed by atoms with Gasteiger partial charge in [0.15, 0.2) is 0 Å². The molecule has 1 atom stereocenters. The van der Waals surface area contributed by atoms with Crippen molar-refractivity contribution < 1.29 is 9.45 Å². The lowest BCUT2D eigenvalue weighted by atomic mass is 10.1. The molecule has 1 unspecified atom stereocenters. The minimum atomic E-state index is -0.491. The first-order valence-corrected chi connectivity index (χ1v) is 6.20. The lowest BCUT2D eigenvalue weighted by molar-refractivity contribution is -0.388. The molecular formula is C12H17N5O3. The molecule has 8 heteroatoms. The maximum absolute atomic E-state index is 11.0. The van der Waals surface area contributed by atoms with E-state index < -0.39 is 4.92 Å². The van der Waals surface area contributed by atoms with E-state index in [0.29, 0.717) is 17.4 Å². The third-order valence-electron chi connectivity index (χ3n) is 3.35. The number of hydrogen-bond donors (Lipinski definition) is 1. The fourth-order valence-corrected chi connectivity index (χ4v) is 2.27. The van der Waals surface area contributed by atoms with Crippen LogP contribution in [0.15, 0.2) is 4.52 Å². The quantitative estimate of drug-likeness (QED) is 0.681. The average molecular weight is 279 g/mol. The second-order valence-corrected chi connectivity index (χ2v) is 4.75. The summed E-state index contributed by atoms with van der Waals surface area (Å²) in [6, 6.07) is -0.172. The maximum Gasteiger partial charge on any atom is 0.406 e. The Morgan fingerprint density at radius 1 is 1.40 bits per heavy atom. The molecule has 8 nitrogen and oxygen atoms in total. The summed E-state index contributed by atoms with van der Waals surface area (Å²) in [6.45, 7) is 7.28. The zero-order chi connectivity index (χ0) is 15.0. The largest absolute Gasteiger partial charge is 0.406 e. The number of nitrogens with one attached hydrogen (secondary N) is 1. The third kappa shape index (κ3) is 2.24. The first-order chi connectivity index (χ1) is 9.32. The molecule has 2 aromatic heterocycles. The molecule has 0 fully saturated rings. The monoisotopic (exact) mass is 279 g/mol. The van der Waals surface area contributed by atoms with Crippen LogP contribution in [0.25, 0.3) is 0 Å². The van der Waals surface area contributed by atoms with Crippen molar-refractivity contribution >= 4 is 11.6 Å². The Morgan fingerprint density at radius 2 is 2.05 bits per heavy atom. The van der Waals surface area contributed by atoms with Crippen LogP contribution in [0.5, 0.6) is 0 Å². The van der Waals surface area contributed by atoms with Crippen molar-refractivity contribution in [1.29, 1.82) is 0 Å². The molecule has 2 rings (SSSR count). The van der Waals surface area contributed by atoms with E-state index in [0.717, 1.165) is 11.3 Å². The standard InChI is InChI=1S/C12H17N5O3/c1-6(10-7(2)15-20-8(10)3)13-11-12(17(18)19)14-9(4)16(11)5/h6,13H,1-5H3. The van der Waals surface area contributed by atoms with Crippen LogP contribution in [0.2, 0.25) is 0 Å². The van der Waals surface area contributed by atoms with Gasteiger partial charge in [0.25, 0.3) is 0 Å². The fourth-order valence-electron chi connectivity index (χ4n) is 2.27. The van der Waals surface area contributed by atoms with Gasteiger partial charge in [0.2, 0.25) is 11.6 Å². The van der Waals surface area contributed by atoms with Crippen molar-refractivity contribution in [2.24, 2.45) is 7.05 Å². The molecule has 0 aliphatic heterocycles. The Kier molecular flexibility index (Phi) is 3.47. The summed E-state index contributed by atoms with van der Waals surface area (Å²) in [4.78, 5) is 14.5. The number of aryl methyl sites for hydroxylation is 3. The van der Waals surface area contributed by atoms with Crippen molar-refractivity contribution in [1.82, 2.24) is 14.7 Å². The maximum atomic E-state index is 11.0. The molecule has 20 heavy (non-hydrogen) atoms. The van der Waals surface area contributed by atoms with Crippen molar-refractivity contribution in [2.45, 2.75) is 33.7 Å². The van der Waals surface area contributed by atoms with Gasteiger partial charge >= 0.3 is 5.82 Å². The summed E-state index contributed by atoms with van der Waals surface area (Å²) < 4.78 is 6.78. The number of nitrogens with zero attached hydrogens (tertiary/aromatic N) is 4. The van der Waals surface area contributed by atoms with Gasteiger partial charge in [-0.15, -0.1) is 0 Å². The van der Waals surface area contributed by atoms with E-state index in [1.54, 1.807) is 18.5 Å². The molecule has 0 amide bonds. The molecule has 0 bridgehead atoms. The van der Waals surface area contributed by atoms with Crippen LogP contribution in [0.3, 0.4) is 0 Å². The van der Waals surface area contributed by atoms with Gasteiger partial charge in [-0.3, -0.25) is 4.57 Å². The minimum Gasteiger partial charge on any atom is -0.361 e. The molecule has 0 saturated heterocycles. The van der Waals surface area contributed by atoms with Gasteiger partial charge in [-0.05, 0) is 30.7 Å². The Balaban J connectivity index is 2.37. The van der Waals surface area contributed by atoms with Gasteiger partial charge in [-0.2, -0.15) is 0 Å². The number of hydrogen-bond acceptors (Lipinski definition) is 6. The van der Waals surface area contributed by atoms with E-state index in [1.165, 1.54) is 0 Å². The topological polar surface area (TPSA) is 99.0 Å². The molecule has 0 saturated carbocycles. The van der Waals surface area contributed by atoms with E-state index in [9.17, 15) is 10.1 Å². The Bertz CT molecular complexity index is 639. The second kappa shape index (κ2) is 4.95. The van der Waals surface area contributed by atoms with Crippen molar-refractivity contribution in [3.8, 4) is 0 Å². The Labute approximate surface area is 115 Å². The molecule has 0 aliphatic carbocycles. The van der Waals surface area contributed by atoms with Crippen LogP contribution in [0.1, 0.15) is 35.8 Å². The minimum absolute atomic E-state index is 0.172. The van der Waals surface area contributed by atoms with Crippen molar-refractivity contribution in [3.05, 3.63) is 33.0 Å². The van der Waals surface area contributed by atoms with E-state index in [4.69, 9.17) is 4.52 Å². The Hall–Kier alpha value is -2.38. The first kappa shape index (κ1) is 14.0. The molecule has 0 radical (unpaired) electrons. The number of anilines is 1. The highest BCUT2D eigenvalue weighted by atomic mass is 16.6. The first-order valence-electron chi connectivity index (χ1n) is 6.20. The Morgan fingerprint density at radius 3 is 2.55 bits per heavy atom. The normalized spacial score (nSPS) is 12.4. The lowest BCUT2D eigenvalue weighted by Crippen LogP contribution is -2.12. The van der Waals surface area contributed by atoms with E-state index in [-0.39, 0.29) is 11.9 Å². The highest BCUT2D eigenvalue weighted by Crippen LogP contribution is 2.30. The van der Waals surface area contributed by atoms with Gasteiger partial charge in [-0.1, -0.05) is 5.16 Å². The molecule has 0 aromatic carbocycles. The predicted molar refractivity (Wildman–Crippen MR) is 72.6 cm³/mol. The van der Waals surface area contributed by atoms with Crippen LogP contribution in [-0.4, -0.2) is 19.6 Å². The van der Waals surface area contributed by atoms with Gasteiger partial charge < -0.3 is 20.0 Å². The van der Waals surface area contributed by atoms with Crippen LogP contribution < -0.4 is 5.32 Å². The number of nitro groups is 1. The van der Waals surface area contributed by atoms with Gasteiger partial charge in [0.05, 0.1) is 11.7 Å². The van der Waals surface area contributed by atoms with Gasteiger partial charge in [0.1, 0.15) is 5.76 Å². The average Bonchev–Trinajstić information content (AvgIpc) is 2.84. The lowest BCUT2D eigenvalue weighted by Gasteiger charge is -2.14. The van der Waals surface area contributed by atoms with Gasteiger partial charge in [-0.25, -0.2) is 0 Å². The fraction of sp³-hybridized carbons (Fsp3) is 0.500. The summed E-state index contributed by atoms with van der Waals surface area (Å²) in [7, 11) is 1.73. The molecule has 1 N–H and O–H groups in total. The van der Waals surface area contributed by atoms with Crippen molar-refractivity contribution in [3.63, 3.8) is 0 Å². The molecule has 0 spiro atoms. The van der Waals surface area contributed by atoms with Crippen LogP contribution in [-0.2, 0) is 7.05 Å². The second-order valence-electron chi connectivity index (χ2n) is 4.75. The summed E-state index contributed by atoms with van der Waals surface area (Å²) in [6.07, 6.45) is 0. The molecule has 108 valence electrons. The SMILES string of the molecule is Cc1noc(C)c1C(C)Nc1c([N+](=O)[O-])nc(C)n1C. The number of rotatable bonds is 4. The van der Waals surface area contributed by atoms with Crippen LogP contribution >= 0.6 is 0 Å². The van der Waals surface area contributed by atoms with Crippen molar-refractivity contribution in [2.75, 3.05) is 5.32 Å². The number of aromatic nitrogens is 3. The van der Waals surface area contributed by atoms with E-state index in [2.05, 4.69) is 15.5 Å². The zero-order valence-corrected chi connectivity index (χ0v) is 12.1. The zero-order valence-electron chi connectivity index (χ0n) is 12.1. The van der Waals surface area contributed by atoms with Crippen LogP contribution in [0.4, 0.5) is 11.6 Å². The van der Waals surface area contributed by atoms with E-state index in [1.807, 2.05) is 20.8 Å². The molecular weight excluding hydrogens is 262 g/mol. The highest BCUT2D eigenvalue weighted by molar-refractivity contribution is 5.55. The molecule has 2 heterocycles. The summed E-state index contributed by atoms with van der Waals surface area (Å²) in [5, 5.41) is 18.1. The predicted octanol–water partition coefficient (Wildman–Crippen LogP) is 2.41. The van der Waals surface area contributed by atoms with E-state index >= 15 is 0 Å². The number of imidazole rings is 1. The highest BCUT2D eigenvalue weighted by Gasteiger charge is 2.26. The summed E-state index contributed by atoms with van der Waals surface area (Å²) in [5.74, 6) is 1.47. The molecule has 0 aliphatic rings. The molecule has 2 aromatic rings. The summed E-state index contributed by atoms with van der Waals surface area (Å²) >= 11 is 0.